The van der Waals surface area contributed by atoms with Gasteiger partial charge in [0.25, 0.3) is 0 Å². The van der Waals surface area contributed by atoms with Crippen LogP contribution < -0.4 is 10.1 Å². The average molecular weight is 348 g/mol. The molecule has 1 saturated heterocycles. The molecule has 1 aromatic heterocycles. The molecule has 1 aliphatic rings. The molecule has 8 nitrogen and oxygen atoms in total. The smallest absolute Gasteiger partial charge is 0.317 e. The number of H-pyrrole nitrogens is 1. The average Bonchev–Trinajstić information content (AvgIpc) is 3.02. The Morgan fingerprint density at radius 2 is 2.28 bits per heavy atom. The minimum absolute atomic E-state index is 0.116. The number of urea groups is 1. The third kappa shape index (κ3) is 4.40. The van der Waals surface area contributed by atoms with Crippen molar-refractivity contribution in [2.75, 3.05) is 39.5 Å². The first-order valence-electron chi connectivity index (χ1n) is 8.50. The molecule has 2 amide bonds. The number of aromatic nitrogens is 2. The first-order valence-corrected chi connectivity index (χ1v) is 8.50. The largest absolute Gasteiger partial charge is 0.490 e. The Labute approximate surface area is 146 Å². The van der Waals surface area contributed by atoms with E-state index in [-0.39, 0.29) is 12.6 Å². The van der Waals surface area contributed by atoms with Crippen LogP contribution in [-0.2, 0) is 4.74 Å². The number of carbonyl (C=O) groups is 1. The third-order valence-electron chi connectivity index (χ3n) is 4.21. The highest BCUT2D eigenvalue weighted by Gasteiger charge is 2.16. The van der Waals surface area contributed by atoms with E-state index in [1.165, 1.54) is 0 Å². The summed E-state index contributed by atoms with van der Waals surface area (Å²) in [5, 5.41) is 21.0. The highest BCUT2D eigenvalue weighted by atomic mass is 16.5. The normalized spacial score (nSPS) is 16.0. The van der Waals surface area contributed by atoms with Gasteiger partial charge in [-0.05, 0) is 25.5 Å². The summed E-state index contributed by atoms with van der Waals surface area (Å²) in [6, 6.07) is 5.52. The summed E-state index contributed by atoms with van der Waals surface area (Å²) in [4.78, 5) is 13.7. The topological polar surface area (TPSA) is 99.7 Å². The standard InChI is InChI=1S/C17H24N4O4/c1-12-16-14(20-19-12)3-2-4-15(16)25-11-13(22)5-6-18-17(23)21-7-9-24-10-8-21/h2-4,13,22H,5-11H2,1H3,(H,18,23)(H,19,20). The van der Waals surface area contributed by atoms with Gasteiger partial charge in [-0.1, -0.05) is 6.07 Å². The van der Waals surface area contributed by atoms with E-state index in [1.54, 1.807) is 4.90 Å². The number of morpholine rings is 1. The number of nitrogens with zero attached hydrogens (tertiary/aromatic N) is 2. The number of hydrogen-bond donors (Lipinski definition) is 3. The fourth-order valence-electron chi connectivity index (χ4n) is 2.80. The summed E-state index contributed by atoms with van der Waals surface area (Å²) >= 11 is 0. The number of rotatable bonds is 6. The minimum atomic E-state index is -0.660. The summed E-state index contributed by atoms with van der Waals surface area (Å²) in [5.74, 6) is 0.695. The molecular weight excluding hydrogens is 324 g/mol. The summed E-state index contributed by atoms with van der Waals surface area (Å²) in [5.41, 5.74) is 1.76. The van der Waals surface area contributed by atoms with Crippen molar-refractivity contribution in [3.63, 3.8) is 0 Å². The molecule has 0 saturated carbocycles. The summed E-state index contributed by atoms with van der Waals surface area (Å²) in [6.45, 7) is 4.84. The molecule has 1 unspecified atom stereocenters. The van der Waals surface area contributed by atoms with Crippen molar-refractivity contribution in [2.45, 2.75) is 19.4 Å². The number of fused-ring (bicyclic) bond motifs is 1. The molecule has 1 fully saturated rings. The van der Waals surface area contributed by atoms with E-state index in [0.29, 0.717) is 45.0 Å². The van der Waals surface area contributed by atoms with Crippen LogP contribution in [0.15, 0.2) is 18.2 Å². The monoisotopic (exact) mass is 348 g/mol. The summed E-state index contributed by atoms with van der Waals surface area (Å²) < 4.78 is 11.0. The van der Waals surface area contributed by atoms with Crippen LogP contribution >= 0.6 is 0 Å². The van der Waals surface area contributed by atoms with Gasteiger partial charge in [-0.2, -0.15) is 5.10 Å². The SMILES string of the molecule is Cc1[nH]nc2cccc(OCC(O)CCNC(=O)N3CCOCC3)c12. The van der Waals surface area contributed by atoms with Crippen LogP contribution in [0.3, 0.4) is 0 Å². The van der Waals surface area contributed by atoms with Gasteiger partial charge in [0.2, 0.25) is 0 Å². The van der Waals surface area contributed by atoms with Gasteiger partial charge >= 0.3 is 6.03 Å². The molecule has 1 aliphatic heterocycles. The second kappa shape index (κ2) is 8.17. The van der Waals surface area contributed by atoms with Gasteiger partial charge in [0.05, 0.1) is 30.2 Å². The summed E-state index contributed by atoms with van der Waals surface area (Å²) in [7, 11) is 0. The van der Waals surface area contributed by atoms with Gasteiger partial charge in [0, 0.05) is 25.3 Å². The highest BCUT2D eigenvalue weighted by Crippen LogP contribution is 2.26. The van der Waals surface area contributed by atoms with Gasteiger partial charge in [0.15, 0.2) is 0 Å². The molecule has 0 radical (unpaired) electrons. The number of nitrogens with one attached hydrogen (secondary N) is 2. The molecule has 0 aliphatic carbocycles. The second-order valence-corrected chi connectivity index (χ2v) is 6.08. The Balaban J connectivity index is 1.42. The lowest BCUT2D eigenvalue weighted by Crippen LogP contribution is -2.46. The fourth-order valence-corrected chi connectivity index (χ4v) is 2.80. The molecule has 25 heavy (non-hydrogen) atoms. The maximum Gasteiger partial charge on any atom is 0.317 e. The zero-order valence-corrected chi connectivity index (χ0v) is 14.3. The van der Waals surface area contributed by atoms with E-state index >= 15 is 0 Å². The molecule has 2 aromatic rings. The number of aliphatic hydroxyl groups is 1. The number of aryl methyl sites for hydroxylation is 1. The molecule has 3 N–H and O–H groups in total. The number of ether oxygens (including phenoxy) is 2. The van der Waals surface area contributed by atoms with Crippen molar-refractivity contribution in [1.29, 1.82) is 0 Å². The van der Waals surface area contributed by atoms with Gasteiger partial charge in [0.1, 0.15) is 12.4 Å². The van der Waals surface area contributed by atoms with Crippen LogP contribution in [0, 0.1) is 6.92 Å². The quantitative estimate of drug-likeness (QED) is 0.724. The van der Waals surface area contributed by atoms with E-state index in [2.05, 4.69) is 15.5 Å². The number of aromatic amines is 1. The van der Waals surface area contributed by atoms with Crippen molar-refractivity contribution in [3.8, 4) is 5.75 Å². The van der Waals surface area contributed by atoms with E-state index in [4.69, 9.17) is 9.47 Å². The molecule has 1 aromatic carbocycles. The van der Waals surface area contributed by atoms with E-state index < -0.39 is 6.10 Å². The van der Waals surface area contributed by atoms with Crippen LogP contribution in [-0.4, -0.2) is 71.8 Å². The lowest BCUT2D eigenvalue weighted by molar-refractivity contribution is 0.0525. The van der Waals surface area contributed by atoms with Crippen molar-refractivity contribution in [1.82, 2.24) is 20.4 Å². The minimum Gasteiger partial charge on any atom is -0.490 e. The van der Waals surface area contributed by atoms with Crippen LogP contribution in [0.25, 0.3) is 10.9 Å². The van der Waals surface area contributed by atoms with Crippen molar-refractivity contribution in [2.24, 2.45) is 0 Å². The number of benzene rings is 1. The van der Waals surface area contributed by atoms with Gasteiger partial charge in [-0.3, -0.25) is 5.10 Å². The van der Waals surface area contributed by atoms with Gasteiger partial charge < -0.3 is 24.8 Å². The van der Waals surface area contributed by atoms with Gasteiger partial charge in [-0.15, -0.1) is 0 Å². The Morgan fingerprint density at radius 3 is 3.08 bits per heavy atom. The lowest BCUT2D eigenvalue weighted by Gasteiger charge is -2.27. The zero-order valence-electron chi connectivity index (χ0n) is 14.3. The number of carbonyl (C=O) groups excluding carboxylic acids is 1. The molecule has 1 atom stereocenters. The molecule has 0 bridgehead atoms. The van der Waals surface area contributed by atoms with Crippen LogP contribution in [0.5, 0.6) is 5.75 Å². The van der Waals surface area contributed by atoms with Crippen LogP contribution in [0.1, 0.15) is 12.1 Å². The van der Waals surface area contributed by atoms with Crippen molar-refractivity contribution < 1.29 is 19.4 Å². The lowest BCUT2D eigenvalue weighted by atomic mass is 10.2. The van der Waals surface area contributed by atoms with Crippen LogP contribution in [0.4, 0.5) is 4.79 Å². The summed E-state index contributed by atoms with van der Waals surface area (Å²) in [6.07, 6.45) is -0.233. The molecule has 0 spiro atoms. The number of aliphatic hydroxyl groups excluding tert-OH is 1. The molecule has 3 rings (SSSR count). The first-order chi connectivity index (χ1) is 12.1. The highest BCUT2D eigenvalue weighted by molar-refractivity contribution is 5.87. The van der Waals surface area contributed by atoms with Crippen molar-refractivity contribution in [3.05, 3.63) is 23.9 Å². The predicted molar refractivity (Wildman–Crippen MR) is 92.7 cm³/mol. The number of hydrogen-bond acceptors (Lipinski definition) is 5. The maximum absolute atomic E-state index is 11.9. The first kappa shape index (κ1) is 17.5. The van der Waals surface area contributed by atoms with E-state index in [9.17, 15) is 9.90 Å². The third-order valence-corrected chi connectivity index (χ3v) is 4.21. The maximum atomic E-state index is 11.9. The van der Waals surface area contributed by atoms with E-state index in [0.717, 1.165) is 16.6 Å². The predicted octanol–water partition coefficient (Wildman–Crippen LogP) is 1.04. The van der Waals surface area contributed by atoms with E-state index in [1.807, 2.05) is 25.1 Å². The second-order valence-electron chi connectivity index (χ2n) is 6.08. The Morgan fingerprint density at radius 1 is 1.48 bits per heavy atom. The Hall–Kier alpha value is -2.32. The van der Waals surface area contributed by atoms with Crippen LogP contribution in [0.2, 0.25) is 0 Å². The fraction of sp³-hybridized carbons (Fsp3) is 0.529. The Bertz CT molecular complexity index is 712. The zero-order chi connectivity index (χ0) is 17.6. The van der Waals surface area contributed by atoms with Crippen molar-refractivity contribution >= 4 is 16.9 Å². The molecular formula is C17H24N4O4. The molecule has 136 valence electrons. The number of amides is 2. The molecule has 2 heterocycles. The molecule has 8 heteroatoms. The Kier molecular flexibility index (Phi) is 5.72. The van der Waals surface area contributed by atoms with Gasteiger partial charge in [-0.25, -0.2) is 4.79 Å².